The molecule has 0 aliphatic rings. The predicted molar refractivity (Wildman–Crippen MR) is 70.5 cm³/mol. The van der Waals surface area contributed by atoms with E-state index in [9.17, 15) is 9.00 Å². The Morgan fingerprint density at radius 3 is 2.61 bits per heavy atom. The molecule has 0 aromatic carbocycles. The molecule has 0 spiro atoms. The minimum atomic E-state index is -1.04. The van der Waals surface area contributed by atoms with Crippen molar-refractivity contribution in [2.75, 3.05) is 23.4 Å². The third-order valence-electron chi connectivity index (χ3n) is 2.61. The van der Waals surface area contributed by atoms with Gasteiger partial charge < -0.3 is 10.4 Å². The van der Waals surface area contributed by atoms with Gasteiger partial charge in [0.15, 0.2) is 5.82 Å². The van der Waals surface area contributed by atoms with Crippen LogP contribution < -0.4 is 5.32 Å². The molecule has 0 amide bonds. The smallest absolute Gasteiger partial charge is 0.339 e. The number of nitrogens with zero attached hydrogens (tertiary/aromatic N) is 2. The van der Waals surface area contributed by atoms with Gasteiger partial charge in [-0.25, -0.2) is 4.79 Å². The Labute approximate surface area is 108 Å². The maximum Gasteiger partial charge on any atom is 0.339 e. The van der Waals surface area contributed by atoms with Crippen LogP contribution in [0.5, 0.6) is 0 Å². The second-order valence-electron chi connectivity index (χ2n) is 3.80. The van der Waals surface area contributed by atoms with Gasteiger partial charge in [0, 0.05) is 28.9 Å². The summed E-state index contributed by atoms with van der Waals surface area (Å²) in [7, 11) is -0.886. The third-order valence-corrected chi connectivity index (χ3v) is 3.92. The monoisotopic (exact) mass is 271 g/mol. The van der Waals surface area contributed by atoms with Gasteiger partial charge >= 0.3 is 5.97 Å². The zero-order chi connectivity index (χ0) is 13.7. The van der Waals surface area contributed by atoms with Crippen molar-refractivity contribution in [2.45, 2.75) is 20.8 Å². The molecule has 0 aliphatic carbocycles. The Hall–Kier alpha value is -1.50. The highest BCUT2D eigenvalue weighted by atomic mass is 32.2. The standard InChI is InChI=1S/C11H17N3O3S/c1-4-18(17)6-5-12-10-9(11(15)16)7(2)8(3)13-14-10/h4-6H2,1-3H3,(H,12,14)(H,15,16). The molecule has 0 fully saturated rings. The number of aromatic carboxylic acids is 1. The molecule has 0 bridgehead atoms. The molecule has 1 aromatic rings. The molecule has 0 saturated heterocycles. The zero-order valence-electron chi connectivity index (χ0n) is 10.7. The summed E-state index contributed by atoms with van der Waals surface area (Å²) in [4.78, 5) is 11.2. The number of aryl methyl sites for hydroxylation is 1. The number of carbonyl (C=O) groups is 1. The first kappa shape index (κ1) is 14.6. The van der Waals surface area contributed by atoms with Gasteiger partial charge in [-0.3, -0.25) is 4.21 Å². The molecule has 1 unspecified atom stereocenters. The Bertz CT molecular complexity index is 477. The molecule has 6 nitrogen and oxygen atoms in total. The maximum absolute atomic E-state index is 11.3. The lowest BCUT2D eigenvalue weighted by atomic mass is 10.1. The van der Waals surface area contributed by atoms with E-state index in [0.717, 1.165) is 0 Å². The third kappa shape index (κ3) is 3.49. The van der Waals surface area contributed by atoms with Crippen molar-refractivity contribution in [3.63, 3.8) is 0 Å². The van der Waals surface area contributed by atoms with Crippen LogP contribution in [0.2, 0.25) is 0 Å². The highest BCUT2D eigenvalue weighted by molar-refractivity contribution is 7.84. The molecule has 1 aromatic heterocycles. The predicted octanol–water partition coefficient (Wildman–Crippen LogP) is 0.972. The minimum Gasteiger partial charge on any atom is -0.478 e. The van der Waals surface area contributed by atoms with Gasteiger partial charge in [-0.2, -0.15) is 5.10 Å². The minimum absolute atomic E-state index is 0.129. The molecule has 0 radical (unpaired) electrons. The van der Waals surface area contributed by atoms with Crippen LogP contribution in [-0.2, 0) is 10.8 Å². The van der Waals surface area contributed by atoms with Gasteiger partial charge in [0.25, 0.3) is 0 Å². The topological polar surface area (TPSA) is 92.2 Å². The molecule has 18 heavy (non-hydrogen) atoms. The summed E-state index contributed by atoms with van der Waals surface area (Å²) in [5, 5.41) is 19.8. The lowest BCUT2D eigenvalue weighted by molar-refractivity contribution is 0.0696. The highest BCUT2D eigenvalue weighted by Gasteiger charge is 2.17. The van der Waals surface area contributed by atoms with E-state index in [1.165, 1.54) is 0 Å². The van der Waals surface area contributed by atoms with Crippen molar-refractivity contribution in [1.82, 2.24) is 10.2 Å². The van der Waals surface area contributed by atoms with Gasteiger partial charge in [-0.15, -0.1) is 5.10 Å². The molecular formula is C11H17N3O3S. The molecular weight excluding hydrogens is 254 g/mol. The maximum atomic E-state index is 11.3. The molecule has 1 atom stereocenters. The molecule has 1 rings (SSSR count). The normalized spacial score (nSPS) is 12.2. The van der Waals surface area contributed by atoms with Crippen molar-refractivity contribution in [2.24, 2.45) is 0 Å². The number of anilines is 1. The van der Waals surface area contributed by atoms with E-state index in [1.54, 1.807) is 13.8 Å². The quantitative estimate of drug-likeness (QED) is 0.801. The van der Waals surface area contributed by atoms with Crippen LogP contribution in [0, 0.1) is 13.8 Å². The number of hydrogen-bond acceptors (Lipinski definition) is 5. The zero-order valence-corrected chi connectivity index (χ0v) is 11.5. The SMILES string of the molecule is CCS(=O)CCNc1nnc(C)c(C)c1C(=O)O. The van der Waals surface area contributed by atoms with Crippen molar-refractivity contribution < 1.29 is 14.1 Å². The Morgan fingerprint density at radius 1 is 1.39 bits per heavy atom. The fourth-order valence-corrected chi connectivity index (χ4v) is 2.04. The lowest BCUT2D eigenvalue weighted by Crippen LogP contribution is -2.17. The van der Waals surface area contributed by atoms with E-state index in [0.29, 0.717) is 29.3 Å². The van der Waals surface area contributed by atoms with E-state index >= 15 is 0 Å². The number of hydrogen-bond donors (Lipinski definition) is 2. The van der Waals surface area contributed by atoms with Crippen LogP contribution in [0.3, 0.4) is 0 Å². The largest absolute Gasteiger partial charge is 0.478 e. The Kier molecular flexibility index (Phi) is 5.21. The molecule has 1 heterocycles. The molecule has 2 N–H and O–H groups in total. The van der Waals surface area contributed by atoms with Gasteiger partial charge in [0.1, 0.15) is 5.56 Å². The number of aromatic nitrogens is 2. The van der Waals surface area contributed by atoms with Crippen LogP contribution in [0.4, 0.5) is 5.82 Å². The fourth-order valence-electron chi connectivity index (χ4n) is 1.42. The van der Waals surface area contributed by atoms with Crippen molar-refractivity contribution in [3.8, 4) is 0 Å². The second-order valence-corrected chi connectivity index (χ2v) is 5.66. The van der Waals surface area contributed by atoms with Crippen LogP contribution in [0.15, 0.2) is 0 Å². The van der Waals surface area contributed by atoms with Crippen LogP contribution in [0.1, 0.15) is 28.5 Å². The van der Waals surface area contributed by atoms with Crippen molar-refractivity contribution >= 4 is 22.6 Å². The highest BCUT2D eigenvalue weighted by Crippen LogP contribution is 2.17. The number of carboxylic acid groups (broad SMARTS) is 1. The molecule has 0 aliphatic heterocycles. The average Bonchev–Trinajstić information content (AvgIpc) is 2.33. The summed E-state index contributed by atoms with van der Waals surface area (Å²) in [6.45, 7) is 5.67. The second kappa shape index (κ2) is 6.44. The van der Waals surface area contributed by atoms with E-state index in [2.05, 4.69) is 15.5 Å². The Balaban J connectivity index is 2.86. The molecule has 100 valence electrons. The fraction of sp³-hybridized carbons (Fsp3) is 0.545. The summed E-state index contributed by atoms with van der Waals surface area (Å²) in [6, 6.07) is 0. The first-order valence-electron chi connectivity index (χ1n) is 5.63. The van der Waals surface area contributed by atoms with Crippen LogP contribution in [-0.4, -0.2) is 43.5 Å². The molecule has 7 heteroatoms. The number of rotatable bonds is 6. The van der Waals surface area contributed by atoms with E-state index < -0.39 is 16.8 Å². The number of nitrogens with one attached hydrogen (secondary N) is 1. The summed E-state index contributed by atoms with van der Waals surface area (Å²) >= 11 is 0. The van der Waals surface area contributed by atoms with E-state index in [4.69, 9.17) is 5.11 Å². The summed E-state index contributed by atoms with van der Waals surface area (Å²) in [5.74, 6) is 0.249. The summed E-state index contributed by atoms with van der Waals surface area (Å²) in [6.07, 6.45) is 0. The van der Waals surface area contributed by atoms with Crippen molar-refractivity contribution in [1.29, 1.82) is 0 Å². The first-order chi connectivity index (χ1) is 8.47. The van der Waals surface area contributed by atoms with Gasteiger partial charge in [0.05, 0.1) is 5.69 Å². The summed E-state index contributed by atoms with van der Waals surface area (Å²) < 4.78 is 11.3. The van der Waals surface area contributed by atoms with Gasteiger partial charge in [0.2, 0.25) is 0 Å². The lowest BCUT2D eigenvalue weighted by Gasteiger charge is -2.10. The van der Waals surface area contributed by atoms with E-state index in [-0.39, 0.29) is 11.4 Å². The van der Waals surface area contributed by atoms with Crippen LogP contribution >= 0.6 is 0 Å². The Morgan fingerprint density at radius 2 is 2.06 bits per heavy atom. The van der Waals surface area contributed by atoms with Gasteiger partial charge in [-0.1, -0.05) is 6.92 Å². The van der Waals surface area contributed by atoms with Gasteiger partial charge in [-0.05, 0) is 19.4 Å². The van der Waals surface area contributed by atoms with Crippen LogP contribution in [0.25, 0.3) is 0 Å². The van der Waals surface area contributed by atoms with E-state index in [1.807, 2.05) is 6.92 Å². The number of carboxylic acids is 1. The first-order valence-corrected chi connectivity index (χ1v) is 7.12. The van der Waals surface area contributed by atoms with Crippen molar-refractivity contribution in [3.05, 3.63) is 16.8 Å². The molecule has 0 saturated carbocycles. The average molecular weight is 271 g/mol. The summed E-state index contributed by atoms with van der Waals surface area (Å²) in [5.41, 5.74) is 1.32.